The van der Waals surface area contributed by atoms with Gasteiger partial charge in [0.1, 0.15) is 0 Å². The molecule has 3 aliphatic rings. The fourth-order valence-electron chi connectivity index (χ4n) is 5.16. The first kappa shape index (κ1) is 19.2. The highest BCUT2D eigenvalue weighted by atomic mass is 79.9. The number of halogens is 1. The number of nitrogens with zero attached hydrogens (tertiary/aromatic N) is 1. The molecule has 0 saturated heterocycles. The number of carbonyl (C=O) groups is 2. The van der Waals surface area contributed by atoms with E-state index >= 15 is 0 Å². The van der Waals surface area contributed by atoms with E-state index in [0.717, 1.165) is 32.2 Å². The lowest BCUT2D eigenvalue weighted by Gasteiger charge is -2.68. The number of fused-ring (bicyclic) bond motifs is 1. The van der Waals surface area contributed by atoms with E-state index in [4.69, 9.17) is 9.72 Å². The molecule has 0 atom stereocenters. The van der Waals surface area contributed by atoms with Gasteiger partial charge >= 0.3 is 5.97 Å². The Bertz CT molecular complexity index is 1190. The average Bonchev–Trinajstić information content (AvgIpc) is 2.69. The molecule has 3 fully saturated rings. The van der Waals surface area contributed by atoms with E-state index in [0.29, 0.717) is 24.8 Å². The Labute approximate surface area is 183 Å². The predicted octanol–water partition coefficient (Wildman–Crippen LogP) is 4.80. The number of nitrogens with one attached hydrogen (secondary N) is 1. The van der Waals surface area contributed by atoms with Gasteiger partial charge in [-0.2, -0.15) is 0 Å². The summed E-state index contributed by atoms with van der Waals surface area (Å²) in [4.78, 5) is 30.3. The second kappa shape index (κ2) is 6.64. The normalized spacial score (nSPS) is 24.0. The number of aromatic nitrogens is 1. The van der Waals surface area contributed by atoms with E-state index < -0.39 is 5.41 Å². The van der Waals surface area contributed by atoms with Crippen LogP contribution in [0.25, 0.3) is 22.2 Å². The lowest BCUT2D eigenvalue weighted by atomic mass is 9.39. The zero-order chi connectivity index (χ0) is 21.1. The SMILES string of the molecule is COC(=O)C12CC(NC(=O)c3c(C)c(-c4ccccc4)nc4ccc(Br)cc34)(C1)C2. The van der Waals surface area contributed by atoms with Crippen LogP contribution >= 0.6 is 15.9 Å². The van der Waals surface area contributed by atoms with Crippen LogP contribution in [0.1, 0.15) is 35.2 Å². The number of rotatable bonds is 4. The van der Waals surface area contributed by atoms with Crippen molar-refractivity contribution >= 4 is 38.7 Å². The van der Waals surface area contributed by atoms with Crippen molar-refractivity contribution in [2.45, 2.75) is 31.7 Å². The summed E-state index contributed by atoms with van der Waals surface area (Å²) in [7, 11) is 1.42. The molecule has 1 amide bonds. The average molecular weight is 465 g/mol. The number of hydrogen-bond donors (Lipinski definition) is 1. The molecule has 2 bridgehead atoms. The molecule has 3 aliphatic carbocycles. The molecule has 1 N–H and O–H groups in total. The maximum absolute atomic E-state index is 13.5. The molecule has 6 heteroatoms. The summed E-state index contributed by atoms with van der Waals surface area (Å²) in [6, 6.07) is 15.7. The van der Waals surface area contributed by atoms with Crippen LogP contribution in [-0.4, -0.2) is 29.5 Å². The number of pyridine rings is 1. The number of benzene rings is 2. The maximum atomic E-state index is 13.5. The Kier molecular flexibility index (Phi) is 4.26. The Morgan fingerprint density at radius 1 is 1.10 bits per heavy atom. The topological polar surface area (TPSA) is 68.3 Å². The molecule has 0 spiro atoms. The Balaban J connectivity index is 1.55. The molecular weight excluding hydrogens is 444 g/mol. The van der Waals surface area contributed by atoms with Crippen molar-refractivity contribution in [2.24, 2.45) is 5.41 Å². The molecule has 0 unspecified atom stereocenters. The van der Waals surface area contributed by atoms with E-state index in [1.54, 1.807) is 0 Å². The number of methoxy groups -OCH3 is 1. The quantitative estimate of drug-likeness (QED) is 0.563. The van der Waals surface area contributed by atoms with Crippen LogP contribution in [0.3, 0.4) is 0 Å². The molecular formula is C24H21BrN2O3. The number of ether oxygens (including phenoxy) is 1. The summed E-state index contributed by atoms with van der Waals surface area (Å²) >= 11 is 3.52. The number of esters is 1. The fourth-order valence-corrected chi connectivity index (χ4v) is 5.52. The Morgan fingerprint density at radius 3 is 2.47 bits per heavy atom. The highest BCUT2D eigenvalue weighted by molar-refractivity contribution is 9.10. The van der Waals surface area contributed by atoms with Crippen molar-refractivity contribution in [3.05, 3.63) is 64.1 Å². The monoisotopic (exact) mass is 464 g/mol. The van der Waals surface area contributed by atoms with Gasteiger partial charge in [0.25, 0.3) is 5.91 Å². The molecule has 0 radical (unpaired) electrons. The van der Waals surface area contributed by atoms with Gasteiger partial charge in [-0.1, -0.05) is 46.3 Å². The summed E-state index contributed by atoms with van der Waals surface area (Å²) in [6.07, 6.45) is 1.95. The van der Waals surface area contributed by atoms with Crippen LogP contribution in [0.2, 0.25) is 0 Å². The minimum absolute atomic E-state index is 0.117. The van der Waals surface area contributed by atoms with Crippen molar-refractivity contribution in [1.82, 2.24) is 10.3 Å². The summed E-state index contributed by atoms with van der Waals surface area (Å²) in [5.41, 5.74) is 3.34. The number of amides is 1. The van der Waals surface area contributed by atoms with Crippen LogP contribution < -0.4 is 5.32 Å². The van der Waals surface area contributed by atoms with Crippen LogP contribution in [-0.2, 0) is 9.53 Å². The number of hydrogen-bond acceptors (Lipinski definition) is 4. The van der Waals surface area contributed by atoms with E-state index in [1.165, 1.54) is 7.11 Å². The van der Waals surface area contributed by atoms with Gasteiger partial charge in [0.2, 0.25) is 0 Å². The van der Waals surface area contributed by atoms with Gasteiger partial charge in [-0.05, 0) is 49.9 Å². The first-order valence-corrected chi connectivity index (χ1v) is 10.7. The molecule has 30 heavy (non-hydrogen) atoms. The molecule has 0 aliphatic heterocycles. The molecule has 152 valence electrons. The lowest BCUT2D eigenvalue weighted by molar-refractivity contribution is -0.199. The lowest BCUT2D eigenvalue weighted by Crippen LogP contribution is -2.77. The standard InChI is InChI=1S/C24H21BrN2O3/c1-14-19(21(28)27-24-11-23(12-24,13-24)22(29)30-2)17-10-16(25)8-9-18(17)26-20(14)15-6-4-3-5-7-15/h3-10H,11-13H2,1-2H3,(H,27,28). The van der Waals surface area contributed by atoms with Crippen molar-refractivity contribution in [1.29, 1.82) is 0 Å². The van der Waals surface area contributed by atoms with Crippen molar-refractivity contribution in [3.8, 4) is 11.3 Å². The van der Waals surface area contributed by atoms with Gasteiger partial charge in [0, 0.05) is 21.0 Å². The Hall–Kier alpha value is -2.73. The van der Waals surface area contributed by atoms with Crippen LogP contribution in [0.4, 0.5) is 0 Å². The Morgan fingerprint density at radius 2 is 1.80 bits per heavy atom. The number of carbonyl (C=O) groups excluding carboxylic acids is 2. The summed E-state index contributed by atoms with van der Waals surface area (Å²) in [6.45, 7) is 1.95. The zero-order valence-electron chi connectivity index (χ0n) is 16.8. The van der Waals surface area contributed by atoms with Gasteiger partial charge in [0.05, 0.1) is 29.3 Å². The minimum atomic E-state index is -0.393. The predicted molar refractivity (Wildman–Crippen MR) is 118 cm³/mol. The molecule has 2 aromatic carbocycles. The third-order valence-electron chi connectivity index (χ3n) is 6.49. The smallest absolute Gasteiger partial charge is 0.312 e. The fraction of sp³-hybridized carbons (Fsp3) is 0.292. The van der Waals surface area contributed by atoms with Gasteiger partial charge in [-0.25, -0.2) is 4.98 Å². The molecule has 5 nitrogen and oxygen atoms in total. The van der Waals surface area contributed by atoms with Crippen LogP contribution in [0.5, 0.6) is 0 Å². The maximum Gasteiger partial charge on any atom is 0.312 e. The van der Waals surface area contributed by atoms with Crippen molar-refractivity contribution in [2.75, 3.05) is 7.11 Å². The van der Waals surface area contributed by atoms with Gasteiger partial charge < -0.3 is 10.1 Å². The highest BCUT2D eigenvalue weighted by Gasteiger charge is 2.73. The van der Waals surface area contributed by atoms with Crippen molar-refractivity contribution < 1.29 is 14.3 Å². The largest absolute Gasteiger partial charge is 0.469 e. The molecule has 1 aromatic heterocycles. The van der Waals surface area contributed by atoms with Crippen LogP contribution in [0, 0.1) is 12.3 Å². The first-order valence-electron chi connectivity index (χ1n) is 9.93. The van der Waals surface area contributed by atoms with Gasteiger partial charge in [0.15, 0.2) is 0 Å². The third-order valence-corrected chi connectivity index (χ3v) is 6.99. The molecule has 6 rings (SSSR count). The van der Waals surface area contributed by atoms with E-state index in [-0.39, 0.29) is 17.4 Å². The minimum Gasteiger partial charge on any atom is -0.469 e. The zero-order valence-corrected chi connectivity index (χ0v) is 18.4. The van der Waals surface area contributed by atoms with E-state index in [9.17, 15) is 9.59 Å². The second-order valence-corrected chi connectivity index (χ2v) is 9.44. The second-order valence-electron chi connectivity index (χ2n) is 8.52. The first-order chi connectivity index (χ1) is 14.4. The van der Waals surface area contributed by atoms with Crippen LogP contribution in [0.15, 0.2) is 53.0 Å². The molecule has 3 saturated carbocycles. The summed E-state index contributed by atoms with van der Waals surface area (Å²) in [5.74, 6) is -0.284. The van der Waals surface area contributed by atoms with Gasteiger partial charge in [-0.15, -0.1) is 0 Å². The third kappa shape index (κ3) is 2.77. The molecule has 1 heterocycles. The molecule has 3 aromatic rings. The van der Waals surface area contributed by atoms with Gasteiger partial charge in [-0.3, -0.25) is 9.59 Å². The van der Waals surface area contributed by atoms with E-state index in [2.05, 4.69) is 21.2 Å². The van der Waals surface area contributed by atoms with Crippen molar-refractivity contribution in [3.63, 3.8) is 0 Å². The summed E-state index contributed by atoms with van der Waals surface area (Å²) in [5, 5.41) is 4.03. The highest BCUT2D eigenvalue weighted by Crippen LogP contribution is 2.67. The van der Waals surface area contributed by atoms with E-state index in [1.807, 2.05) is 55.5 Å². The summed E-state index contributed by atoms with van der Waals surface area (Å²) < 4.78 is 5.82.